The fourth-order valence-electron chi connectivity index (χ4n) is 4.03. The highest BCUT2D eigenvalue weighted by Gasteiger charge is 2.18. The number of thioether (sulfide) groups is 1. The summed E-state index contributed by atoms with van der Waals surface area (Å²) in [5, 5.41) is 8.27. The second kappa shape index (κ2) is 14.2. The van der Waals surface area contributed by atoms with Crippen molar-refractivity contribution in [3.8, 4) is 0 Å². The Morgan fingerprint density at radius 3 is 2.19 bits per heavy atom. The van der Waals surface area contributed by atoms with Crippen LogP contribution in [0.25, 0.3) is 6.08 Å². The highest BCUT2D eigenvalue weighted by Crippen LogP contribution is 2.27. The molecular formula is C34H34N4O3S. The zero-order valence-corrected chi connectivity index (χ0v) is 24.9. The molecule has 0 aliphatic heterocycles. The highest BCUT2D eigenvalue weighted by molar-refractivity contribution is 8.00. The van der Waals surface area contributed by atoms with E-state index in [1.807, 2.05) is 106 Å². The summed E-state index contributed by atoms with van der Waals surface area (Å²) in [6.07, 6.45) is 1.65. The minimum atomic E-state index is -0.469. The summed E-state index contributed by atoms with van der Waals surface area (Å²) in [5.41, 5.74) is 4.63. The molecule has 1 atom stereocenters. The second-order valence-electron chi connectivity index (χ2n) is 9.91. The largest absolute Gasteiger partial charge is 0.378 e. The van der Waals surface area contributed by atoms with Gasteiger partial charge in [0, 0.05) is 41.6 Å². The minimum Gasteiger partial charge on any atom is -0.378 e. The van der Waals surface area contributed by atoms with Gasteiger partial charge in [0.2, 0.25) is 5.91 Å². The van der Waals surface area contributed by atoms with Crippen molar-refractivity contribution in [1.82, 2.24) is 5.32 Å². The molecule has 4 aromatic rings. The third-order valence-corrected chi connectivity index (χ3v) is 7.52. The minimum absolute atomic E-state index is 0.102. The van der Waals surface area contributed by atoms with E-state index in [1.165, 1.54) is 11.8 Å². The van der Waals surface area contributed by atoms with E-state index in [0.717, 1.165) is 27.4 Å². The normalized spacial score (nSPS) is 11.8. The van der Waals surface area contributed by atoms with E-state index in [0.29, 0.717) is 11.3 Å². The summed E-state index contributed by atoms with van der Waals surface area (Å²) in [6.45, 7) is 3.79. The van der Waals surface area contributed by atoms with Crippen LogP contribution in [0.2, 0.25) is 0 Å². The summed E-state index contributed by atoms with van der Waals surface area (Å²) in [4.78, 5) is 42.0. The first-order valence-electron chi connectivity index (χ1n) is 13.5. The molecule has 42 heavy (non-hydrogen) atoms. The van der Waals surface area contributed by atoms with Crippen molar-refractivity contribution in [3.63, 3.8) is 0 Å². The molecule has 7 nitrogen and oxygen atoms in total. The summed E-state index contributed by atoms with van der Waals surface area (Å²) >= 11 is 1.39. The van der Waals surface area contributed by atoms with Gasteiger partial charge in [-0.25, -0.2) is 0 Å². The fourth-order valence-corrected chi connectivity index (χ4v) is 4.95. The van der Waals surface area contributed by atoms with Crippen LogP contribution in [0.3, 0.4) is 0 Å². The van der Waals surface area contributed by atoms with Gasteiger partial charge in [0.05, 0.1) is 5.25 Å². The average molecular weight is 579 g/mol. The number of carbonyl (C=O) groups excluding carboxylic acids is 3. The van der Waals surface area contributed by atoms with Gasteiger partial charge >= 0.3 is 0 Å². The molecule has 0 aliphatic rings. The number of hydrogen-bond acceptors (Lipinski definition) is 5. The number of anilines is 3. The third-order valence-electron chi connectivity index (χ3n) is 6.43. The molecule has 0 bridgehead atoms. The maximum Gasteiger partial charge on any atom is 0.272 e. The molecule has 0 saturated carbocycles. The van der Waals surface area contributed by atoms with Crippen LogP contribution in [0.15, 0.2) is 114 Å². The fraction of sp³-hybridized carbons (Fsp3) is 0.147. The number of benzene rings is 4. The molecule has 0 heterocycles. The smallest absolute Gasteiger partial charge is 0.272 e. The van der Waals surface area contributed by atoms with Crippen molar-refractivity contribution in [3.05, 3.63) is 126 Å². The SMILES string of the molecule is Cc1ccccc1NC(=O)C(C)Sc1cccc(NC(=O)/C(=C\c2ccc(N(C)C)cc2)NC(=O)c2ccccc2)c1. The Kier molecular flexibility index (Phi) is 10.2. The van der Waals surface area contributed by atoms with E-state index in [4.69, 9.17) is 0 Å². The standard InChI is InChI=1S/C34H34N4O3S/c1-23-11-8-9-16-30(23)36-32(39)24(2)42-29-15-10-14-27(22-29)35-34(41)31(37-33(40)26-12-6-5-7-13-26)21-25-17-19-28(20-18-25)38(3)4/h5-22,24H,1-4H3,(H,35,41)(H,36,39)(H,37,40)/b31-21+. The van der Waals surface area contributed by atoms with Crippen molar-refractivity contribution in [2.75, 3.05) is 29.6 Å². The zero-order valence-electron chi connectivity index (χ0n) is 24.0. The van der Waals surface area contributed by atoms with Crippen LogP contribution in [0, 0.1) is 6.92 Å². The van der Waals surface area contributed by atoms with Crippen molar-refractivity contribution in [2.24, 2.45) is 0 Å². The molecule has 214 valence electrons. The molecule has 0 aliphatic carbocycles. The Morgan fingerprint density at radius 1 is 0.810 bits per heavy atom. The molecule has 1 unspecified atom stereocenters. The highest BCUT2D eigenvalue weighted by atomic mass is 32.2. The lowest BCUT2D eigenvalue weighted by atomic mass is 10.1. The van der Waals surface area contributed by atoms with Crippen LogP contribution in [0.5, 0.6) is 0 Å². The van der Waals surface area contributed by atoms with E-state index >= 15 is 0 Å². The quantitative estimate of drug-likeness (QED) is 0.146. The van der Waals surface area contributed by atoms with Gasteiger partial charge in [0.15, 0.2) is 0 Å². The molecule has 4 aromatic carbocycles. The van der Waals surface area contributed by atoms with Crippen molar-refractivity contribution in [2.45, 2.75) is 24.0 Å². The Balaban J connectivity index is 1.50. The lowest BCUT2D eigenvalue weighted by Gasteiger charge is -2.15. The summed E-state index contributed by atoms with van der Waals surface area (Å²) in [6, 6.07) is 31.3. The van der Waals surface area contributed by atoms with E-state index in [1.54, 1.807) is 36.4 Å². The van der Waals surface area contributed by atoms with Gasteiger partial charge in [-0.1, -0.05) is 54.6 Å². The maximum absolute atomic E-state index is 13.5. The zero-order chi connectivity index (χ0) is 30.1. The Morgan fingerprint density at radius 2 is 1.50 bits per heavy atom. The van der Waals surface area contributed by atoms with Gasteiger partial charge in [0.25, 0.3) is 11.8 Å². The number of rotatable bonds is 10. The number of aryl methyl sites for hydroxylation is 1. The summed E-state index contributed by atoms with van der Waals surface area (Å²) in [5.74, 6) is -0.971. The molecule has 0 saturated heterocycles. The predicted molar refractivity (Wildman–Crippen MR) is 173 cm³/mol. The van der Waals surface area contributed by atoms with Crippen LogP contribution in [-0.2, 0) is 9.59 Å². The predicted octanol–water partition coefficient (Wildman–Crippen LogP) is 6.59. The van der Waals surface area contributed by atoms with Gasteiger partial charge in [0.1, 0.15) is 5.70 Å². The molecule has 4 rings (SSSR count). The van der Waals surface area contributed by atoms with Crippen molar-refractivity contribution in [1.29, 1.82) is 0 Å². The van der Waals surface area contributed by atoms with Crippen LogP contribution >= 0.6 is 11.8 Å². The summed E-state index contributed by atoms with van der Waals surface area (Å²) in [7, 11) is 3.90. The number of hydrogen-bond donors (Lipinski definition) is 3. The second-order valence-corrected chi connectivity index (χ2v) is 11.3. The van der Waals surface area contributed by atoms with Crippen LogP contribution in [-0.4, -0.2) is 37.1 Å². The van der Waals surface area contributed by atoms with Gasteiger partial charge in [-0.3, -0.25) is 14.4 Å². The first-order chi connectivity index (χ1) is 20.2. The Labute approximate surface area is 251 Å². The van der Waals surface area contributed by atoms with Gasteiger partial charge in [-0.05, 0) is 79.6 Å². The molecular weight excluding hydrogens is 544 g/mol. The topological polar surface area (TPSA) is 90.5 Å². The lowest BCUT2D eigenvalue weighted by Crippen LogP contribution is -2.30. The van der Waals surface area contributed by atoms with Crippen molar-refractivity contribution < 1.29 is 14.4 Å². The molecule has 0 radical (unpaired) electrons. The third kappa shape index (κ3) is 8.34. The van der Waals surface area contributed by atoms with E-state index < -0.39 is 5.91 Å². The lowest BCUT2D eigenvalue weighted by molar-refractivity contribution is -0.115. The molecule has 0 spiro atoms. The Hall–Kier alpha value is -4.82. The number of para-hydroxylation sites is 1. The van der Waals surface area contributed by atoms with Gasteiger partial charge < -0.3 is 20.9 Å². The van der Waals surface area contributed by atoms with E-state index in [-0.39, 0.29) is 22.8 Å². The van der Waals surface area contributed by atoms with Gasteiger partial charge in [-0.2, -0.15) is 0 Å². The van der Waals surface area contributed by atoms with E-state index in [9.17, 15) is 14.4 Å². The monoisotopic (exact) mass is 578 g/mol. The first-order valence-corrected chi connectivity index (χ1v) is 14.4. The van der Waals surface area contributed by atoms with Crippen LogP contribution < -0.4 is 20.9 Å². The molecule has 3 amide bonds. The maximum atomic E-state index is 13.5. The first kappa shape index (κ1) is 30.1. The molecule has 0 aromatic heterocycles. The van der Waals surface area contributed by atoms with E-state index in [2.05, 4.69) is 16.0 Å². The Bertz CT molecular complexity index is 1580. The molecule has 8 heteroatoms. The van der Waals surface area contributed by atoms with Gasteiger partial charge in [-0.15, -0.1) is 11.8 Å². The number of amides is 3. The van der Waals surface area contributed by atoms with Crippen LogP contribution in [0.4, 0.5) is 17.1 Å². The average Bonchev–Trinajstić information content (AvgIpc) is 2.98. The molecule has 0 fully saturated rings. The number of nitrogens with zero attached hydrogens (tertiary/aromatic N) is 1. The number of carbonyl (C=O) groups is 3. The summed E-state index contributed by atoms with van der Waals surface area (Å²) < 4.78 is 0. The molecule has 3 N–H and O–H groups in total. The van der Waals surface area contributed by atoms with Crippen molar-refractivity contribution >= 4 is 52.6 Å². The number of nitrogens with one attached hydrogen (secondary N) is 3. The van der Waals surface area contributed by atoms with Crippen LogP contribution in [0.1, 0.15) is 28.4 Å².